The summed E-state index contributed by atoms with van der Waals surface area (Å²) in [7, 11) is 0. The zero-order chi connectivity index (χ0) is 19.6. The summed E-state index contributed by atoms with van der Waals surface area (Å²) in [6.45, 7) is 2.31. The van der Waals surface area contributed by atoms with Gasteiger partial charge in [-0.1, -0.05) is 114 Å². The van der Waals surface area contributed by atoms with E-state index in [1.54, 1.807) is 0 Å². The van der Waals surface area contributed by atoms with Gasteiger partial charge in [0.25, 0.3) is 0 Å². The molecule has 1 aromatic carbocycles. The van der Waals surface area contributed by atoms with Gasteiger partial charge in [-0.3, -0.25) is 4.79 Å². The van der Waals surface area contributed by atoms with Gasteiger partial charge in [-0.15, -0.1) is 0 Å². The first-order valence-electron chi connectivity index (χ1n) is 11.1. The number of ether oxygens (including phenoxy) is 1. The molecule has 0 amide bonds. The lowest BCUT2D eigenvalue weighted by atomic mass is 10.0. The highest BCUT2D eigenvalue weighted by molar-refractivity contribution is 5.69. The van der Waals surface area contributed by atoms with Crippen molar-refractivity contribution in [3.8, 4) is 0 Å². The second-order valence-electron chi connectivity index (χ2n) is 7.60. The number of carbonyl (C=O) groups excluding carboxylic acids is 1. The van der Waals surface area contributed by atoms with E-state index in [0.717, 1.165) is 18.4 Å². The average Bonchev–Trinajstić information content (AvgIpc) is 2.70. The Morgan fingerprint density at radius 2 is 1.30 bits per heavy atom. The lowest BCUT2D eigenvalue weighted by Gasteiger charge is -2.11. The minimum absolute atomic E-state index is 0.0429. The first-order chi connectivity index (χ1) is 13.2. The predicted octanol–water partition coefficient (Wildman–Crippen LogP) is 6.74. The summed E-state index contributed by atoms with van der Waals surface area (Å²) in [6, 6.07) is 9.31. The van der Waals surface area contributed by atoms with Crippen molar-refractivity contribution in [3.63, 3.8) is 0 Å². The van der Waals surface area contributed by atoms with Crippen molar-refractivity contribution in [1.29, 1.82) is 0 Å². The maximum atomic E-state index is 11.7. The van der Waals surface area contributed by atoms with E-state index in [4.69, 9.17) is 4.74 Å². The summed E-state index contributed by atoms with van der Waals surface area (Å²) < 4.78 is 5.18. The van der Waals surface area contributed by atoms with Crippen LogP contribution in [0.3, 0.4) is 0 Å². The topological polar surface area (TPSA) is 46.5 Å². The van der Waals surface area contributed by atoms with Crippen LogP contribution in [-0.2, 0) is 9.53 Å². The van der Waals surface area contributed by atoms with Crippen molar-refractivity contribution < 1.29 is 14.6 Å². The van der Waals surface area contributed by atoms with E-state index < -0.39 is 6.10 Å². The van der Waals surface area contributed by atoms with E-state index in [9.17, 15) is 9.90 Å². The van der Waals surface area contributed by atoms with Crippen LogP contribution in [0.5, 0.6) is 0 Å². The van der Waals surface area contributed by atoms with Crippen LogP contribution in [0.15, 0.2) is 30.3 Å². The van der Waals surface area contributed by atoms with Crippen molar-refractivity contribution in [1.82, 2.24) is 0 Å². The Balaban J connectivity index is 1.86. The molecule has 0 aliphatic carbocycles. The molecule has 154 valence electrons. The van der Waals surface area contributed by atoms with Crippen LogP contribution in [0.2, 0.25) is 0 Å². The van der Waals surface area contributed by atoms with E-state index in [-0.39, 0.29) is 12.6 Å². The molecule has 0 bridgehead atoms. The monoisotopic (exact) mass is 376 g/mol. The van der Waals surface area contributed by atoms with Gasteiger partial charge in [0.05, 0.1) is 0 Å². The van der Waals surface area contributed by atoms with Gasteiger partial charge >= 0.3 is 5.97 Å². The molecular weight excluding hydrogens is 336 g/mol. The summed E-state index contributed by atoms with van der Waals surface area (Å²) in [5.41, 5.74) is 0.784. The number of unbranched alkanes of at least 4 members (excludes halogenated alkanes) is 12. The fraction of sp³-hybridized carbons (Fsp3) is 0.708. The molecule has 3 nitrogen and oxygen atoms in total. The largest absolute Gasteiger partial charge is 0.463 e. The van der Waals surface area contributed by atoms with Crippen LogP contribution in [0.25, 0.3) is 0 Å². The van der Waals surface area contributed by atoms with Gasteiger partial charge in [-0.2, -0.15) is 0 Å². The summed E-state index contributed by atoms with van der Waals surface area (Å²) in [5, 5.41) is 9.98. The highest BCUT2D eigenvalue weighted by Gasteiger charge is 2.10. The van der Waals surface area contributed by atoms with Gasteiger partial charge in [-0.05, 0) is 12.0 Å². The van der Waals surface area contributed by atoms with Crippen LogP contribution in [-0.4, -0.2) is 17.7 Å². The number of hydrogen-bond acceptors (Lipinski definition) is 3. The molecule has 1 N–H and O–H groups in total. The van der Waals surface area contributed by atoms with E-state index in [1.165, 1.54) is 70.6 Å². The van der Waals surface area contributed by atoms with Gasteiger partial charge in [0.2, 0.25) is 0 Å². The second-order valence-corrected chi connectivity index (χ2v) is 7.60. The van der Waals surface area contributed by atoms with E-state index in [1.807, 2.05) is 30.3 Å². The van der Waals surface area contributed by atoms with Crippen molar-refractivity contribution in [2.45, 2.75) is 103 Å². The van der Waals surface area contributed by atoms with Crippen molar-refractivity contribution in [3.05, 3.63) is 35.9 Å². The van der Waals surface area contributed by atoms with Crippen LogP contribution in [0.4, 0.5) is 0 Å². The third kappa shape index (κ3) is 13.5. The summed E-state index contributed by atoms with van der Waals surface area (Å²) in [5.74, 6) is -0.201. The van der Waals surface area contributed by atoms with Crippen LogP contribution >= 0.6 is 0 Å². The first kappa shape index (κ1) is 23.7. The lowest BCUT2D eigenvalue weighted by molar-refractivity contribution is -0.146. The Morgan fingerprint density at radius 1 is 0.815 bits per heavy atom. The van der Waals surface area contributed by atoms with Crippen LogP contribution < -0.4 is 0 Å². The van der Waals surface area contributed by atoms with Gasteiger partial charge < -0.3 is 9.84 Å². The molecule has 0 radical (unpaired) electrons. The zero-order valence-electron chi connectivity index (χ0n) is 17.3. The average molecular weight is 377 g/mol. The van der Waals surface area contributed by atoms with Crippen LogP contribution in [0, 0.1) is 0 Å². The van der Waals surface area contributed by atoms with E-state index >= 15 is 0 Å². The van der Waals surface area contributed by atoms with Crippen molar-refractivity contribution in [2.75, 3.05) is 6.61 Å². The Bertz CT molecular complexity index is 458. The van der Waals surface area contributed by atoms with Crippen molar-refractivity contribution in [2.24, 2.45) is 0 Å². The molecule has 0 saturated carbocycles. The highest BCUT2D eigenvalue weighted by atomic mass is 16.5. The fourth-order valence-electron chi connectivity index (χ4n) is 3.30. The van der Waals surface area contributed by atoms with Gasteiger partial charge in [0, 0.05) is 6.42 Å². The standard InChI is InChI=1S/C24H40O3/c1-2-3-4-5-6-7-8-9-10-11-12-13-17-20-24(26)27-21-23(25)22-18-15-14-16-19-22/h14-16,18-19,23,25H,2-13,17,20-21H2,1H3/t23-/m0/s1. The van der Waals surface area contributed by atoms with Crippen molar-refractivity contribution >= 4 is 5.97 Å². The molecule has 0 unspecified atom stereocenters. The smallest absolute Gasteiger partial charge is 0.305 e. The number of esters is 1. The number of aliphatic hydroxyl groups is 1. The molecule has 0 aromatic heterocycles. The summed E-state index contributed by atoms with van der Waals surface area (Å²) >= 11 is 0. The Kier molecular flexibility index (Phi) is 14.7. The third-order valence-electron chi connectivity index (χ3n) is 5.07. The highest BCUT2D eigenvalue weighted by Crippen LogP contribution is 2.14. The third-order valence-corrected chi connectivity index (χ3v) is 5.07. The molecule has 3 heteroatoms. The first-order valence-corrected chi connectivity index (χ1v) is 11.1. The molecule has 0 fully saturated rings. The number of rotatable bonds is 17. The molecule has 1 atom stereocenters. The van der Waals surface area contributed by atoms with Gasteiger partial charge in [0.15, 0.2) is 0 Å². The normalized spacial score (nSPS) is 12.1. The summed E-state index contributed by atoms with van der Waals surface area (Å²) in [4.78, 5) is 11.7. The van der Waals surface area contributed by atoms with Crippen LogP contribution in [0.1, 0.15) is 108 Å². The molecule has 0 heterocycles. The Morgan fingerprint density at radius 3 is 1.81 bits per heavy atom. The minimum atomic E-state index is -0.734. The van der Waals surface area contributed by atoms with E-state index in [2.05, 4.69) is 6.92 Å². The molecule has 1 aromatic rings. The Hall–Kier alpha value is -1.35. The fourth-order valence-corrected chi connectivity index (χ4v) is 3.30. The molecule has 0 aliphatic heterocycles. The second kappa shape index (κ2) is 16.8. The molecule has 1 rings (SSSR count). The van der Waals surface area contributed by atoms with Gasteiger partial charge in [0.1, 0.15) is 12.7 Å². The number of hydrogen-bond donors (Lipinski definition) is 1. The lowest BCUT2D eigenvalue weighted by Crippen LogP contribution is -2.12. The maximum absolute atomic E-state index is 11.7. The number of benzene rings is 1. The zero-order valence-corrected chi connectivity index (χ0v) is 17.3. The number of aliphatic hydroxyl groups excluding tert-OH is 1. The Labute approximate surface area is 166 Å². The number of carbonyl (C=O) groups is 1. The maximum Gasteiger partial charge on any atom is 0.305 e. The summed E-state index contributed by atoms with van der Waals surface area (Å²) in [6.07, 6.45) is 16.6. The predicted molar refractivity (Wildman–Crippen MR) is 113 cm³/mol. The van der Waals surface area contributed by atoms with Gasteiger partial charge in [-0.25, -0.2) is 0 Å². The molecule has 0 aliphatic rings. The molecule has 0 saturated heterocycles. The molecule has 27 heavy (non-hydrogen) atoms. The minimum Gasteiger partial charge on any atom is -0.463 e. The quantitative estimate of drug-likeness (QED) is 0.242. The van der Waals surface area contributed by atoms with E-state index in [0.29, 0.717) is 6.42 Å². The molecular formula is C24H40O3. The SMILES string of the molecule is CCCCCCCCCCCCCCCC(=O)OC[C@H](O)c1ccccc1. The molecule has 0 spiro atoms.